The van der Waals surface area contributed by atoms with Crippen molar-refractivity contribution in [3.05, 3.63) is 35.6 Å². The normalized spacial score (nSPS) is 13.8. The minimum Gasteiger partial charge on any atom is -0.317 e. The quantitative estimate of drug-likeness (QED) is 0.806. The van der Waals surface area contributed by atoms with E-state index in [-0.39, 0.29) is 11.2 Å². The molecule has 0 saturated heterocycles. The second kappa shape index (κ2) is 5.44. The fourth-order valence-electron chi connectivity index (χ4n) is 2.20. The molecule has 0 aliphatic heterocycles. The summed E-state index contributed by atoms with van der Waals surface area (Å²) >= 11 is 0. The summed E-state index contributed by atoms with van der Waals surface area (Å²) in [6.07, 6.45) is 2.00. The Morgan fingerprint density at radius 3 is 2.62 bits per heavy atom. The Morgan fingerprint density at radius 2 is 2.06 bits per heavy atom. The van der Waals surface area contributed by atoms with Crippen LogP contribution in [0.15, 0.2) is 24.3 Å². The van der Waals surface area contributed by atoms with Crippen molar-refractivity contribution in [3.8, 4) is 0 Å². The lowest BCUT2D eigenvalue weighted by atomic mass is 9.80. The van der Waals surface area contributed by atoms with Gasteiger partial charge in [-0.15, -0.1) is 0 Å². The van der Waals surface area contributed by atoms with Crippen LogP contribution >= 0.6 is 0 Å². The van der Waals surface area contributed by atoms with Gasteiger partial charge in [0.2, 0.25) is 0 Å². The van der Waals surface area contributed by atoms with Gasteiger partial charge >= 0.3 is 0 Å². The van der Waals surface area contributed by atoms with Crippen LogP contribution in [0.5, 0.6) is 0 Å². The molecule has 0 aromatic heterocycles. The second-order valence-electron chi connectivity index (χ2n) is 5.36. The van der Waals surface area contributed by atoms with Gasteiger partial charge in [0, 0.05) is 6.04 Å². The van der Waals surface area contributed by atoms with E-state index in [1.807, 2.05) is 13.1 Å². The van der Waals surface area contributed by atoms with Crippen molar-refractivity contribution in [1.82, 2.24) is 5.32 Å². The first kappa shape index (κ1) is 13.2. The van der Waals surface area contributed by atoms with Crippen LogP contribution in [0.4, 0.5) is 4.39 Å². The van der Waals surface area contributed by atoms with Gasteiger partial charge in [0.15, 0.2) is 0 Å². The van der Waals surface area contributed by atoms with Gasteiger partial charge in [-0.3, -0.25) is 0 Å². The van der Waals surface area contributed by atoms with E-state index in [9.17, 15) is 4.39 Å². The molecule has 1 atom stereocenters. The Balaban J connectivity index is 2.65. The highest BCUT2D eigenvalue weighted by atomic mass is 19.1. The van der Waals surface area contributed by atoms with E-state index in [0.717, 1.165) is 18.4 Å². The van der Waals surface area contributed by atoms with Gasteiger partial charge in [0.05, 0.1) is 0 Å². The Morgan fingerprint density at radius 1 is 1.38 bits per heavy atom. The van der Waals surface area contributed by atoms with Crippen molar-refractivity contribution in [2.45, 2.75) is 39.7 Å². The van der Waals surface area contributed by atoms with Crippen LogP contribution in [0.2, 0.25) is 0 Å². The molecule has 0 radical (unpaired) electrons. The maximum Gasteiger partial charge on any atom is 0.123 e. The first-order valence-corrected chi connectivity index (χ1v) is 5.85. The molecule has 0 fully saturated rings. The highest BCUT2D eigenvalue weighted by Crippen LogP contribution is 2.27. The van der Waals surface area contributed by atoms with E-state index < -0.39 is 0 Å². The summed E-state index contributed by atoms with van der Waals surface area (Å²) in [4.78, 5) is 0. The van der Waals surface area contributed by atoms with Crippen molar-refractivity contribution in [2.75, 3.05) is 7.05 Å². The summed E-state index contributed by atoms with van der Waals surface area (Å²) < 4.78 is 13.1. The maximum absolute atomic E-state index is 13.1. The standard InChI is InChI=1S/C14H22FN/c1-11(16-4)9-14(2,3)10-12-6-5-7-13(15)8-12/h5-8,11,16H,9-10H2,1-4H3. The molecule has 16 heavy (non-hydrogen) atoms. The first-order chi connectivity index (χ1) is 7.43. The van der Waals surface area contributed by atoms with Crippen molar-refractivity contribution >= 4 is 0 Å². The molecule has 2 heteroatoms. The third-order valence-electron chi connectivity index (χ3n) is 2.92. The summed E-state index contributed by atoms with van der Waals surface area (Å²) in [6, 6.07) is 7.39. The van der Waals surface area contributed by atoms with Crippen molar-refractivity contribution in [2.24, 2.45) is 5.41 Å². The van der Waals surface area contributed by atoms with Gasteiger partial charge in [-0.1, -0.05) is 26.0 Å². The second-order valence-corrected chi connectivity index (χ2v) is 5.36. The van der Waals surface area contributed by atoms with Crippen LogP contribution in [0.1, 0.15) is 32.8 Å². The van der Waals surface area contributed by atoms with E-state index in [1.54, 1.807) is 12.1 Å². The third-order valence-corrected chi connectivity index (χ3v) is 2.92. The molecule has 1 aromatic rings. The number of rotatable bonds is 5. The molecular formula is C14H22FN. The van der Waals surface area contributed by atoms with Gasteiger partial charge < -0.3 is 5.32 Å². The summed E-state index contributed by atoms with van der Waals surface area (Å²) in [5, 5.41) is 3.24. The summed E-state index contributed by atoms with van der Waals surface area (Å²) in [6.45, 7) is 6.63. The molecule has 0 amide bonds. The lowest BCUT2D eigenvalue weighted by Gasteiger charge is -2.28. The summed E-state index contributed by atoms with van der Waals surface area (Å²) in [7, 11) is 1.98. The van der Waals surface area contributed by atoms with Gasteiger partial charge in [0.1, 0.15) is 5.82 Å². The molecule has 0 bridgehead atoms. The minimum absolute atomic E-state index is 0.144. The predicted octanol–water partition coefficient (Wildman–Crippen LogP) is 3.39. The van der Waals surface area contributed by atoms with E-state index in [2.05, 4.69) is 26.1 Å². The monoisotopic (exact) mass is 223 g/mol. The van der Waals surface area contributed by atoms with E-state index in [1.165, 1.54) is 6.07 Å². The van der Waals surface area contributed by atoms with Gasteiger partial charge in [-0.2, -0.15) is 0 Å². The molecule has 0 aliphatic carbocycles. The van der Waals surface area contributed by atoms with Crippen molar-refractivity contribution in [3.63, 3.8) is 0 Å². The highest BCUT2D eigenvalue weighted by molar-refractivity contribution is 5.17. The van der Waals surface area contributed by atoms with Crippen LogP contribution in [-0.2, 0) is 6.42 Å². The zero-order valence-corrected chi connectivity index (χ0v) is 10.7. The van der Waals surface area contributed by atoms with Gasteiger partial charge in [0.25, 0.3) is 0 Å². The maximum atomic E-state index is 13.1. The van der Waals surface area contributed by atoms with Crippen molar-refractivity contribution < 1.29 is 4.39 Å². The fourth-order valence-corrected chi connectivity index (χ4v) is 2.20. The van der Waals surface area contributed by atoms with Crippen LogP contribution < -0.4 is 5.32 Å². The Labute approximate surface area is 98.1 Å². The molecule has 1 N–H and O–H groups in total. The minimum atomic E-state index is -0.144. The van der Waals surface area contributed by atoms with Crippen LogP contribution in [0.25, 0.3) is 0 Å². The molecule has 0 saturated carbocycles. The molecule has 0 heterocycles. The molecule has 0 aliphatic rings. The number of hydrogen-bond donors (Lipinski definition) is 1. The largest absolute Gasteiger partial charge is 0.317 e. The molecule has 1 rings (SSSR count). The number of benzene rings is 1. The van der Waals surface area contributed by atoms with E-state index in [4.69, 9.17) is 0 Å². The fraction of sp³-hybridized carbons (Fsp3) is 0.571. The number of nitrogens with one attached hydrogen (secondary N) is 1. The topological polar surface area (TPSA) is 12.0 Å². The lowest BCUT2D eigenvalue weighted by Crippen LogP contribution is -2.29. The van der Waals surface area contributed by atoms with E-state index in [0.29, 0.717) is 6.04 Å². The highest BCUT2D eigenvalue weighted by Gasteiger charge is 2.21. The first-order valence-electron chi connectivity index (χ1n) is 5.85. The zero-order valence-electron chi connectivity index (χ0n) is 10.7. The molecule has 90 valence electrons. The lowest BCUT2D eigenvalue weighted by molar-refractivity contribution is 0.293. The average Bonchev–Trinajstić information content (AvgIpc) is 2.15. The molecule has 1 unspecified atom stereocenters. The summed E-state index contributed by atoms with van der Waals surface area (Å²) in [5.74, 6) is -0.144. The Kier molecular flexibility index (Phi) is 4.48. The summed E-state index contributed by atoms with van der Waals surface area (Å²) in [5.41, 5.74) is 1.27. The predicted molar refractivity (Wildman–Crippen MR) is 67.0 cm³/mol. The van der Waals surface area contributed by atoms with Crippen LogP contribution in [0.3, 0.4) is 0 Å². The average molecular weight is 223 g/mol. The molecule has 1 aromatic carbocycles. The Hall–Kier alpha value is -0.890. The zero-order chi connectivity index (χ0) is 12.2. The van der Waals surface area contributed by atoms with Gasteiger partial charge in [-0.05, 0) is 49.9 Å². The number of halogens is 1. The van der Waals surface area contributed by atoms with Crippen LogP contribution in [-0.4, -0.2) is 13.1 Å². The van der Waals surface area contributed by atoms with Gasteiger partial charge in [-0.25, -0.2) is 4.39 Å². The molecular weight excluding hydrogens is 201 g/mol. The van der Waals surface area contributed by atoms with Crippen LogP contribution in [0, 0.1) is 11.2 Å². The molecule has 0 spiro atoms. The third kappa shape index (κ3) is 4.31. The smallest absolute Gasteiger partial charge is 0.123 e. The number of hydrogen-bond acceptors (Lipinski definition) is 1. The Bertz CT molecular complexity index is 333. The molecule has 1 nitrogen and oxygen atoms in total. The SMILES string of the molecule is CNC(C)CC(C)(C)Cc1cccc(F)c1. The van der Waals surface area contributed by atoms with Crippen molar-refractivity contribution in [1.29, 1.82) is 0 Å². The van der Waals surface area contributed by atoms with E-state index >= 15 is 0 Å².